The first kappa shape index (κ1) is 10.5. The second-order valence-electron chi connectivity index (χ2n) is 1.26. The van der Waals surface area contributed by atoms with Gasteiger partial charge in [-0.1, -0.05) is 13.3 Å². The molecular weight excluding hydrogens is 132 g/mol. The van der Waals surface area contributed by atoms with Crippen molar-refractivity contribution in [1.82, 2.24) is 0 Å². The van der Waals surface area contributed by atoms with Crippen LogP contribution in [0, 0.1) is 7.11 Å². The van der Waals surface area contributed by atoms with Crippen molar-refractivity contribution in [1.29, 1.82) is 0 Å². The standard InChI is InChI=1S/C5H11O.Fe/c1-3-4-5-6-2;/h2-5H2,1H3;/q-1;. The summed E-state index contributed by atoms with van der Waals surface area (Å²) in [7, 11) is 3.22. The maximum atomic E-state index is 4.53. The fourth-order valence-corrected chi connectivity index (χ4v) is 0.246. The topological polar surface area (TPSA) is 9.23 Å². The minimum atomic E-state index is 0. The van der Waals surface area contributed by atoms with Crippen LogP contribution in [0.4, 0.5) is 0 Å². The van der Waals surface area contributed by atoms with Gasteiger partial charge in [0.1, 0.15) is 0 Å². The van der Waals surface area contributed by atoms with Crippen molar-refractivity contribution in [2.45, 2.75) is 19.8 Å². The van der Waals surface area contributed by atoms with Gasteiger partial charge in [-0.05, 0) is 6.42 Å². The van der Waals surface area contributed by atoms with Gasteiger partial charge in [-0.3, -0.25) is 0 Å². The van der Waals surface area contributed by atoms with Crippen LogP contribution >= 0.6 is 0 Å². The van der Waals surface area contributed by atoms with Gasteiger partial charge in [0.2, 0.25) is 0 Å². The average molecular weight is 143 g/mol. The third-order valence-electron chi connectivity index (χ3n) is 0.642. The zero-order valence-corrected chi connectivity index (χ0v) is 5.69. The van der Waals surface area contributed by atoms with Gasteiger partial charge in [0.05, 0.1) is 0 Å². The van der Waals surface area contributed by atoms with E-state index in [1.54, 1.807) is 0 Å². The van der Waals surface area contributed by atoms with Gasteiger partial charge in [-0.2, -0.15) is 0 Å². The predicted octanol–water partition coefficient (Wildman–Crippen LogP) is 1.59. The molecule has 1 nitrogen and oxygen atoms in total. The smallest absolute Gasteiger partial charge is 0.0110 e. The van der Waals surface area contributed by atoms with Gasteiger partial charge in [0.15, 0.2) is 0 Å². The van der Waals surface area contributed by atoms with Crippen LogP contribution in [0.25, 0.3) is 0 Å². The molecule has 0 N–H and O–H groups in total. The van der Waals surface area contributed by atoms with E-state index in [0.29, 0.717) is 0 Å². The Morgan fingerprint density at radius 2 is 2.14 bits per heavy atom. The van der Waals surface area contributed by atoms with Gasteiger partial charge in [-0.25, -0.2) is 7.11 Å². The molecular formula is C5H11FeO-. The molecule has 46 valence electrons. The van der Waals surface area contributed by atoms with Crippen LogP contribution in [-0.4, -0.2) is 6.61 Å². The molecule has 0 spiro atoms. The molecule has 0 atom stereocenters. The summed E-state index contributed by atoms with van der Waals surface area (Å²) in [6, 6.07) is 0. The average Bonchev–Trinajstić information content (AvgIpc) is 1.61. The molecule has 2 heteroatoms. The van der Waals surface area contributed by atoms with Crippen molar-refractivity contribution in [3.05, 3.63) is 7.11 Å². The van der Waals surface area contributed by atoms with Crippen LogP contribution in [-0.2, 0) is 21.8 Å². The molecule has 0 saturated heterocycles. The fourth-order valence-electron chi connectivity index (χ4n) is 0.246. The summed E-state index contributed by atoms with van der Waals surface area (Å²) in [5, 5.41) is 0. The number of ether oxygens (including phenoxy) is 1. The molecule has 0 aliphatic carbocycles. The minimum Gasteiger partial charge on any atom is -0.555 e. The molecule has 0 aliphatic rings. The van der Waals surface area contributed by atoms with Crippen LogP contribution < -0.4 is 0 Å². The Kier molecular flexibility index (Phi) is 14.5. The van der Waals surface area contributed by atoms with Gasteiger partial charge in [0, 0.05) is 23.7 Å². The molecule has 0 aromatic rings. The normalized spacial score (nSPS) is 7.71. The number of hydrogen-bond acceptors (Lipinski definition) is 1. The monoisotopic (exact) mass is 143 g/mol. The van der Waals surface area contributed by atoms with E-state index < -0.39 is 0 Å². The van der Waals surface area contributed by atoms with Crippen LogP contribution in [0.1, 0.15) is 19.8 Å². The molecule has 0 aromatic carbocycles. The summed E-state index contributed by atoms with van der Waals surface area (Å²) in [4.78, 5) is 0. The number of unbranched alkanes of at least 4 members (excludes halogenated alkanes) is 1. The van der Waals surface area contributed by atoms with Crippen LogP contribution in [0.15, 0.2) is 0 Å². The first-order chi connectivity index (χ1) is 2.91. The molecule has 0 amide bonds. The van der Waals surface area contributed by atoms with Crippen molar-refractivity contribution in [2.24, 2.45) is 0 Å². The van der Waals surface area contributed by atoms with Crippen molar-refractivity contribution in [3.8, 4) is 0 Å². The summed E-state index contributed by atoms with van der Waals surface area (Å²) in [6.07, 6.45) is 2.32. The molecule has 0 bridgehead atoms. The summed E-state index contributed by atoms with van der Waals surface area (Å²) < 4.78 is 4.53. The van der Waals surface area contributed by atoms with E-state index >= 15 is 0 Å². The van der Waals surface area contributed by atoms with E-state index in [4.69, 9.17) is 0 Å². The maximum absolute atomic E-state index is 4.53. The maximum Gasteiger partial charge on any atom is 0.0110 e. The first-order valence-electron chi connectivity index (χ1n) is 2.28. The summed E-state index contributed by atoms with van der Waals surface area (Å²) >= 11 is 0. The quantitative estimate of drug-likeness (QED) is 0.331. The predicted molar refractivity (Wildman–Crippen MR) is 26.2 cm³/mol. The zero-order valence-electron chi connectivity index (χ0n) is 4.59. The molecule has 0 saturated carbocycles. The largest absolute Gasteiger partial charge is 0.555 e. The Balaban J connectivity index is 0. The molecule has 0 heterocycles. The molecule has 7 heavy (non-hydrogen) atoms. The first-order valence-corrected chi connectivity index (χ1v) is 2.28. The molecule has 0 aliphatic heterocycles. The van der Waals surface area contributed by atoms with Crippen molar-refractivity contribution < 1.29 is 21.8 Å². The van der Waals surface area contributed by atoms with Crippen molar-refractivity contribution in [2.75, 3.05) is 6.61 Å². The Labute approximate surface area is 55.9 Å². The Bertz CT molecular complexity index is 20.0. The van der Waals surface area contributed by atoms with Gasteiger partial charge >= 0.3 is 0 Å². The second kappa shape index (κ2) is 9.70. The summed E-state index contributed by atoms with van der Waals surface area (Å²) in [5.41, 5.74) is 0. The van der Waals surface area contributed by atoms with E-state index in [1.165, 1.54) is 6.42 Å². The van der Waals surface area contributed by atoms with Crippen molar-refractivity contribution in [3.63, 3.8) is 0 Å². The van der Waals surface area contributed by atoms with Gasteiger partial charge in [-0.15, -0.1) is 0 Å². The Hall–Kier alpha value is 0.479. The van der Waals surface area contributed by atoms with Gasteiger partial charge in [0.25, 0.3) is 0 Å². The number of hydrogen-bond donors (Lipinski definition) is 0. The number of rotatable bonds is 3. The van der Waals surface area contributed by atoms with E-state index in [0.717, 1.165) is 13.0 Å². The van der Waals surface area contributed by atoms with Crippen LogP contribution in [0.3, 0.4) is 0 Å². The molecule has 0 aromatic heterocycles. The molecule has 0 fully saturated rings. The van der Waals surface area contributed by atoms with E-state index in [-0.39, 0.29) is 17.1 Å². The van der Waals surface area contributed by atoms with Gasteiger partial charge < -0.3 is 4.74 Å². The Morgan fingerprint density at radius 3 is 2.29 bits per heavy atom. The summed E-state index contributed by atoms with van der Waals surface area (Å²) in [6.45, 7) is 2.93. The third kappa shape index (κ3) is 10.7. The minimum absolute atomic E-state index is 0. The molecule has 0 radical (unpaired) electrons. The molecule has 0 unspecified atom stereocenters. The SMILES string of the molecule is [CH2-]OCCCC.[Fe]. The van der Waals surface area contributed by atoms with E-state index in [1.807, 2.05) is 0 Å². The Morgan fingerprint density at radius 1 is 1.57 bits per heavy atom. The second-order valence-corrected chi connectivity index (χ2v) is 1.26. The van der Waals surface area contributed by atoms with E-state index in [2.05, 4.69) is 18.8 Å². The van der Waals surface area contributed by atoms with Crippen molar-refractivity contribution >= 4 is 0 Å². The zero-order chi connectivity index (χ0) is 4.83. The van der Waals surface area contributed by atoms with E-state index in [9.17, 15) is 0 Å². The summed E-state index contributed by atoms with van der Waals surface area (Å²) in [5.74, 6) is 0. The molecule has 0 rings (SSSR count). The fraction of sp³-hybridized carbons (Fsp3) is 0.800. The van der Waals surface area contributed by atoms with Crippen LogP contribution in [0.2, 0.25) is 0 Å². The third-order valence-corrected chi connectivity index (χ3v) is 0.642. The van der Waals surface area contributed by atoms with Crippen LogP contribution in [0.5, 0.6) is 0 Å².